The number of benzene rings is 2. The van der Waals surface area contributed by atoms with Gasteiger partial charge in [0.2, 0.25) is 5.88 Å². The first-order chi connectivity index (χ1) is 14.4. The third-order valence-electron chi connectivity index (χ3n) is 5.49. The number of ketones is 1. The molecule has 0 unspecified atom stereocenters. The number of allylic oxidation sites excluding steroid dienone is 2. The van der Waals surface area contributed by atoms with Crippen LogP contribution < -0.4 is 5.73 Å². The maximum atomic E-state index is 13.3. The Morgan fingerprint density at radius 2 is 1.87 bits per heavy atom. The van der Waals surface area contributed by atoms with Gasteiger partial charge in [-0.3, -0.25) is 4.79 Å². The van der Waals surface area contributed by atoms with Gasteiger partial charge in [0.05, 0.1) is 13.0 Å². The summed E-state index contributed by atoms with van der Waals surface area (Å²) in [5.74, 6) is -1.23. The minimum Gasteiger partial charge on any atom is -0.465 e. The molecule has 4 rings (SSSR count). The summed E-state index contributed by atoms with van der Waals surface area (Å²) in [6, 6.07) is 14.7. The number of hydrogen-bond acceptors (Lipinski definition) is 5. The third-order valence-corrected chi connectivity index (χ3v) is 6.05. The molecule has 0 saturated carbocycles. The van der Waals surface area contributed by atoms with Gasteiger partial charge in [0, 0.05) is 28.5 Å². The molecule has 154 valence electrons. The number of esters is 1. The molecular weight excluding hydrogens is 425 g/mol. The predicted octanol–water partition coefficient (Wildman–Crippen LogP) is 4.85. The van der Waals surface area contributed by atoms with Crippen molar-refractivity contribution in [2.24, 2.45) is 5.73 Å². The molecule has 0 amide bonds. The van der Waals surface area contributed by atoms with Crippen LogP contribution in [0.25, 0.3) is 0 Å². The Balaban J connectivity index is 1.85. The van der Waals surface area contributed by atoms with Gasteiger partial charge in [-0.1, -0.05) is 59.6 Å². The monoisotopic (exact) mass is 443 g/mol. The molecule has 7 heteroatoms. The molecule has 0 bridgehead atoms. The van der Waals surface area contributed by atoms with E-state index in [2.05, 4.69) is 0 Å². The summed E-state index contributed by atoms with van der Waals surface area (Å²) in [5.41, 5.74) is 8.19. The Labute approximate surface area is 184 Å². The zero-order valence-electron chi connectivity index (χ0n) is 16.2. The standard InChI is InChI=1S/C23H19Cl2NO4/c1-29-23(28)21-19(15-8-7-14(24)11-16(15)25)20-17(27)9-13(10-18(20)30-22(21)26)12-5-3-2-4-6-12/h2-8,11,13,19H,9-10,26H2,1H3/t13-,19-/m0/s1. The smallest absolute Gasteiger partial charge is 0.340 e. The molecule has 2 atom stereocenters. The third kappa shape index (κ3) is 3.59. The van der Waals surface area contributed by atoms with Gasteiger partial charge in [-0.05, 0) is 29.2 Å². The van der Waals surface area contributed by atoms with E-state index in [1.165, 1.54) is 7.11 Å². The normalized spacial score (nSPS) is 21.2. The van der Waals surface area contributed by atoms with E-state index in [1.54, 1.807) is 18.2 Å². The van der Waals surface area contributed by atoms with E-state index in [-0.39, 0.29) is 23.2 Å². The molecule has 30 heavy (non-hydrogen) atoms. The van der Waals surface area contributed by atoms with Gasteiger partial charge < -0.3 is 15.2 Å². The topological polar surface area (TPSA) is 78.6 Å². The van der Waals surface area contributed by atoms with Crippen molar-refractivity contribution in [3.05, 3.63) is 92.5 Å². The van der Waals surface area contributed by atoms with Crippen molar-refractivity contribution in [3.63, 3.8) is 0 Å². The lowest BCUT2D eigenvalue weighted by Gasteiger charge is -2.35. The van der Waals surface area contributed by atoms with Gasteiger partial charge in [-0.2, -0.15) is 0 Å². The largest absolute Gasteiger partial charge is 0.465 e. The van der Waals surface area contributed by atoms with Crippen LogP contribution in [0.15, 0.2) is 71.3 Å². The highest BCUT2D eigenvalue weighted by Gasteiger charge is 2.43. The Hall–Kier alpha value is -2.76. The van der Waals surface area contributed by atoms with E-state index < -0.39 is 11.9 Å². The Kier molecular flexibility index (Phi) is 5.58. The first-order valence-electron chi connectivity index (χ1n) is 9.42. The second-order valence-corrected chi connectivity index (χ2v) is 8.09. The fourth-order valence-corrected chi connectivity index (χ4v) is 4.64. The maximum absolute atomic E-state index is 13.3. The van der Waals surface area contributed by atoms with E-state index in [1.807, 2.05) is 30.3 Å². The molecule has 0 saturated heterocycles. The second-order valence-electron chi connectivity index (χ2n) is 7.25. The van der Waals surface area contributed by atoms with Crippen molar-refractivity contribution >= 4 is 35.0 Å². The van der Waals surface area contributed by atoms with E-state index >= 15 is 0 Å². The molecule has 0 spiro atoms. The molecule has 0 aromatic heterocycles. The first kappa shape index (κ1) is 20.5. The van der Waals surface area contributed by atoms with Gasteiger partial charge in [0.15, 0.2) is 5.78 Å². The fourth-order valence-electron chi connectivity index (χ4n) is 4.12. The number of nitrogens with two attached hydrogens (primary N) is 1. The van der Waals surface area contributed by atoms with Gasteiger partial charge in [-0.15, -0.1) is 0 Å². The van der Waals surface area contributed by atoms with Crippen molar-refractivity contribution in [2.75, 3.05) is 7.11 Å². The van der Waals surface area contributed by atoms with Crippen molar-refractivity contribution in [2.45, 2.75) is 24.7 Å². The lowest BCUT2D eigenvalue weighted by Crippen LogP contribution is -2.33. The second kappa shape index (κ2) is 8.17. The lowest BCUT2D eigenvalue weighted by molar-refractivity contribution is -0.136. The summed E-state index contributed by atoms with van der Waals surface area (Å²) in [4.78, 5) is 25.9. The van der Waals surface area contributed by atoms with Crippen LogP contribution in [0.4, 0.5) is 0 Å². The molecule has 1 aliphatic carbocycles. The molecule has 1 heterocycles. The first-order valence-corrected chi connectivity index (χ1v) is 10.2. The van der Waals surface area contributed by atoms with Gasteiger partial charge in [-0.25, -0.2) is 4.79 Å². The van der Waals surface area contributed by atoms with E-state index in [4.69, 9.17) is 38.4 Å². The molecule has 0 fully saturated rings. The number of rotatable bonds is 3. The molecule has 0 radical (unpaired) electrons. The summed E-state index contributed by atoms with van der Waals surface area (Å²) in [6.45, 7) is 0. The zero-order chi connectivity index (χ0) is 21.4. The van der Waals surface area contributed by atoms with Crippen LogP contribution in [0, 0.1) is 0 Å². The maximum Gasteiger partial charge on any atom is 0.340 e. The average Bonchev–Trinajstić information content (AvgIpc) is 2.73. The molecule has 5 nitrogen and oxygen atoms in total. The minimum absolute atomic E-state index is 0.0359. The number of methoxy groups -OCH3 is 1. The van der Waals surface area contributed by atoms with Crippen LogP contribution in [-0.2, 0) is 19.1 Å². The number of hydrogen-bond donors (Lipinski definition) is 1. The Morgan fingerprint density at radius 3 is 2.53 bits per heavy atom. The highest BCUT2D eigenvalue weighted by Crippen LogP contribution is 2.48. The fraction of sp³-hybridized carbons (Fsp3) is 0.217. The van der Waals surface area contributed by atoms with Crippen LogP contribution in [0.1, 0.15) is 35.8 Å². The summed E-state index contributed by atoms with van der Waals surface area (Å²) in [5, 5.41) is 0.772. The van der Waals surface area contributed by atoms with Crippen molar-refractivity contribution in [3.8, 4) is 0 Å². The van der Waals surface area contributed by atoms with Crippen LogP contribution in [0.2, 0.25) is 10.0 Å². The van der Waals surface area contributed by atoms with Crippen molar-refractivity contribution in [1.29, 1.82) is 0 Å². The Bertz CT molecular complexity index is 1090. The highest BCUT2D eigenvalue weighted by molar-refractivity contribution is 6.35. The zero-order valence-corrected chi connectivity index (χ0v) is 17.7. The molecular formula is C23H19Cl2NO4. The molecule has 2 aromatic carbocycles. The Morgan fingerprint density at radius 1 is 1.13 bits per heavy atom. The summed E-state index contributed by atoms with van der Waals surface area (Å²) in [6.07, 6.45) is 0.782. The molecule has 2 N–H and O–H groups in total. The quantitative estimate of drug-likeness (QED) is 0.685. The van der Waals surface area contributed by atoms with E-state index in [9.17, 15) is 9.59 Å². The summed E-state index contributed by atoms with van der Waals surface area (Å²) >= 11 is 12.5. The number of ether oxygens (including phenoxy) is 2. The van der Waals surface area contributed by atoms with Crippen LogP contribution in [-0.4, -0.2) is 18.9 Å². The van der Waals surface area contributed by atoms with Gasteiger partial charge in [0.25, 0.3) is 0 Å². The van der Waals surface area contributed by atoms with E-state index in [0.717, 1.165) is 5.56 Å². The predicted molar refractivity (Wildman–Crippen MR) is 114 cm³/mol. The molecule has 2 aliphatic rings. The molecule has 2 aromatic rings. The summed E-state index contributed by atoms with van der Waals surface area (Å²) < 4.78 is 10.7. The number of carbonyl (C=O) groups excluding carboxylic acids is 2. The number of halogens is 2. The SMILES string of the molecule is COC(=O)C1=C(N)OC2=C(C(=O)C[C@H](c3ccccc3)C2)[C@@H]1c1ccc(Cl)cc1Cl. The minimum atomic E-state index is -0.782. The van der Waals surface area contributed by atoms with Crippen LogP contribution in [0.5, 0.6) is 0 Å². The van der Waals surface area contributed by atoms with Crippen molar-refractivity contribution < 1.29 is 19.1 Å². The van der Waals surface area contributed by atoms with Gasteiger partial charge in [0.1, 0.15) is 11.3 Å². The number of carbonyl (C=O) groups is 2. The highest BCUT2D eigenvalue weighted by atomic mass is 35.5. The lowest BCUT2D eigenvalue weighted by atomic mass is 9.73. The average molecular weight is 444 g/mol. The van der Waals surface area contributed by atoms with E-state index in [0.29, 0.717) is 39.8 Å². The van der Waals surface area contributed by atoms with Crippen LogP contribution >= 0.6 is 23.2 Å². The number of Topliss-reactive ketones (excluding diaryl/α,β-unsaturated/α-hetero) is 1. The molecule has 1 aliphatic heterocycles. The van der Waals surface area contributed by atoms with Gasteiger partial charge >= 0.3 is 5.97 Å². The summed E-state index contributed by atoms with van der Waals surface area (Å²) in [7, 11) is 1.25. The van der Waals surface area contributed by atoms with Crippen LogP contribution in [0.3, 0.4) is 0 Å². The van der Waals surface area contributed by atoms with Crippen molar-refractivity contribution in [1.82, 2.24) is 0 Å².